The Morgan fingerprint density at radius 1 is 1.12 bits per heavy atom. The predicted octanol–water partition coefficient (Wildman–Crippen LogP) is 2.71. The molecule has 2 aromatic carbocycles. The molecule has 9 heteroatoms. The number of thiazole rings is 1. The van der Waals surface area contributed by atoms with Crippen molar-refractivity contribution >= 4 is 48.9 Å². The number of aryl methyl sites for hydroxylation is 1. The Morgan fingerprint density at radius 3 is 2.38 bits per heavy atom. The molecular formula is C17H17N3O4S2. The third-order valence-corrected chi connectivity index (χ3v) is 5.24. The van der Waals surface area contributed by atoms with Gasteiger partial charge in [0.2, 0.25) is 10.0 Å². The highest BCUT2D eigenvalue weighted by atomic mass is 32.2. The summed E-state index contributed by atoms with van der Waals surface area (Å²) in [5.74, 6) is -0.322. The number of carbonyl (C=O) groups excluding carboxylic acids is 1. The van der Waals surface area contributed by atoms with E-state index in [1.165, 1.54) is 24.3 Å². The highest BCUT2D eigenvalue weighted by molar-refractivity contribution is 7.92. The second kappa shape index (κ2) is 6.93. The lowest BCUT2D eigenvalue weighted by molar-refractivity contribution is 0.102. The Hall–Kier alpha value is -2.65. The molecule has 0 saturated heterocycles. The first kappa shape index (κ1) is 18.2. The Balaban J connectivity index is 1.79. The Labute approximate surface area is 154 Å². The number of aromatic nitrogens is 1. The number of hydrogen-bond acceptors (Lipinski definition) is 5. The van der Waals surface area contributed by atoms with Gasteiger partial charge < -0.3 is 5.32 Å². The number of rotatable bonds is 5. The van der Waals surface area contributed by atoms with E-state index in [0.717, 1.165) is 27.8 Å². The predicted molar refractivity (Wildman–Crippen MR) is 105 cm³/mol. The van der Waals surface area contributed by atoms with E-state index < -0.39 is 10.0 Å². The fraction of sp³-hybridized carbons (Fsp3) is 0.176. The zero-order chi connectivity index (χ0) is 18.9. The Kier molecular flexibility index (Phi) is 4.84. The van der Waals surface area contributed by atoms with Gasteiger partial charge >= 0.3 is 4.87 Å². The van der Waals surface area contributed by atoms with Crippen LogP contribution in [-0.4, -0.2) is 25.1 Å². The van der Waals surface area contributed by atoms with E-state index >= 15 is 0 Å². The van der Waals surface area contributed by atoms with E-state index in [2.05, 4.69) is 10.0 Å². The first-order valence-electron chi connectivity index (χ1n) is 7.79. The van der Waals surface area contributed by atoms with Crippen molar-refractivity contribution in [1.29, 1.82) is 0 Å². The lowest BCUT2D eigenvalue weighted by atomic mass is 10.2. The molecule has 0 spiro atoms. The average Bonchev–Trinajstić information content (AvgIpc) is 2.88. The van der Waals surface area contributed by atoms with Crippen LogP contribution in [0.25, 0.3) is 10.2 Å². The van der Waals surface area contributed by atoms with Crippen molar-refractivity contribution in [2.45, 2.75) is 13.5 Å². The number of hydrogen-bond donors (Lipinski definition) is 2. The molecule has 1 heterocycles. The molecule has 0 fully saturated rings. The molecule has 0 bridgehead atoms. The van der Waals surface area contributed by atoms with E-state index in [4.69, 9.17) is 0 Å². The summed E-state index contributed by atoms with van der Waals surface area (Å²) in [4.78, 5) is 24.2. The molecule has 3 rings (SSSR count). The fourth-order valence-corrected chi connectivity index (χ4v) is 4.11. The Morgan fingerprint density at radius 2 is 1.77 bits per heavy atom. The molecule has 26 heavy (non-hydrogen) atoms. The van der Waals surface area contributed by atoms with Crippen LogP contribution in [0, 0.1) is 0 Å². The lowest BCUT2D eigenvalue weighted by Crippen LogP contribution is -2.13. The minimum atomic E-state index is -3.36. The number of nitrogens with zero attached hydrogens (tertiary/aromatic N) is 1. The maximum Gasteiger partial charge on any atom is 0.308 e. The number of fused-ring (bicyclic) bond motifs is 1. The van der Waals surface area contributed by atoms with Crippen LogP contribution < -0.4 is 14.9 Å². The zero-order valence-electron chi connectivity index (χ0n) is 14.1. The first-order valence-corrected chi connectivity index (χ1v) is 10.5. The monoisotopic (exact) mass is 391 g/mol. The van der Waals surface area contributed by atoms with Crippen molar-refractivity contribution in [3.8, 4) is 0 Å². The van der Waals surface area contributed by atoms with Gasteiger partial charge in [-0.1, -0.05) is 11.3 Å². The molecule has 0 aliphatic heterocycles. The third-order valence-electron chi connectivity index (χ3n) is 3.69. The number of nitrogens with one attached hydrogen (secondary N) is 2. The summed E-state index contributed by atoms with van der Waals surface area (Å²) in [7, 11) is -3.36. The summed E-state index contributed by atoms with van der Waals surface area (Å²) in [6, 6.07) is 11.4. The highest BCUT2D eigenvalue weighted by Gasteiger charge is 2.10. The van der Waals surface area contributed by atoms with Crippen molar-refractivity contribution < 1.29 is 13.2 Å². The SMILES string of the molecule is CCn1c(=O)sc2cc(NC(=O)c3ccc(NS(C)(=O)=O)cc3)ccc21. The molecule has 0 atom stereocenters. The largest absolute Gasteiger partial charge is 0.322 e. The van der Waals surface area contributed by atoms with Crippen molar-refractivity contribution in [3.63, 3.8) is 0 Å². The molecule has 0 aliphatic rings. The van der Waals surface area contributed by atoms with Crippen LogP contribution in [0.2, 0.25) is 0 Å². The molecule has 136 valence electrons. The molecule has 1 amide bonds. The summed E-state index contributed by atoms with van der Waals surface area (Å²) in [5.41, 5.74) is 2.21. The Bertz CT molecular complexity index is 1130. The van der Waals surface area contributed by atoms with Crippen molar-refractivity contribution in [1.82, 2.24) is 4.57 Å². The van der Waals surface area contributed by atoms with Gasteiger partial charge in [0, 0.05) is 23.5 Å². The number of carbonyl (C=O) groups is 1. The van der Waals surface area contributed by atoms with Gasteiger partial charge in [-0.15, -0.1) is 0 Å². The first-order chi connectivity index (χ1) is 12.3. The summed E-state index contributed by atoms with van der Waals surface area (Å²) >= 11 is 1.14. The van der Waals surface area contributed by atoms with Crippen LogP contribution in [0.3, 0.4) is 0 Å². The van der Waals surface area contributed by atoms with Crippen molar-refractivity contribution in [2.24, 2.45) is 0 Å². The van der Waals surface area contributed by atoms with Crippen LogP contribution in [-0.2, 0) is 16.6 Å². The summed E-state index contributed by atoms with van der Waals surface area (Å²) < 4.78 is 27.2. The van der Waals surface area contributed by atoms with E-state index in [1.54, 1.807) is 16.7 Å². The minimum Gasteiger partial charge on any atom is -0.322 e. The molecular weight excluding hydrogens is 374 g/mol. The van der Waals surface area contributed by atoms with Crippen LogP contribution in [0.1, 0.15) is 17.3 Å². The minimum absolute atomic E-state index is 0.0278. The molecule has 2 N–H and O–H groups in total. The van der Waals surface area contributed by atoms with Crippen molar-refractivity contribution in [3.05, 3.63) is 57.7 Å². The maximum atomic E-state index is 12.4. The van der Waals surface area contributed by atoms with Gasteiger partial charge in [0.25, 0.3) is 5.91 Å². The van der Waals surface area contributed by atoms with Crippen LogP contribution in [0.15, 0.2) is 47.3 Å². The molecule has 3 aromatic rings. The van der Waals surface area contributed by atoms with Gasteiger partial charge in [-0.05, 0) is 49.4 Å². The number of amides is 1. The highest BCUT2D eigenvalue weighted by Crippen LogP contribution is 2.22. The van der Waals surface area contributed by atoms with Gasteiger partial charge in [0.05, 0.1) is 16.5 Å². The molecule has 0 aliphatic carbocycles. The van der Waals surface area contributed by atoms with Gasteiger partial charge in [0.15, 0.2) is 0 Å². The van der Waals surface area contributed by atoms with E-state index in [9.17, 15) is 18.0 Å². The summed E-state index contributed by atoms with van der Waals surface area (Å²) in [6.45, 7) is 2.50. The average molecular weight is 391 g/mol. The second-order valence-electron chi connectivity index (χ2n) is 5.70. The normalized spacial score (nSPS) is 11.5. The van der Waals surface area contributed by atoms with Crippen LogP contribution in [0.5, 0.6) is 0 Å². The molecule has 1 aromatic heterocycles. The standard InChI is InChI=1S/C17H17N3O4S2/c1-3-20-14-9-8-13(10-15(14)25-17(20)22)18-16(21)11-4-6-12(7-5-11)19-26(2,23)24/h4-10,19H,3H2,1-2H3,(H,18,21). The lowest BCUT2D eigenvalue weighted by Gasteiger charge is -2.07. The molecule has 7 nitrogen and oxygen atoms in total. The maximum absolute atomic E-state index is 12.4. The van der Waals surface area contributed by atoms with Gasteiger partial charge in [-0.3, -0.25) is 18.9 Å². The van der Waals surface area contributed by atoms with Crippen LogP contribution >= 0.6 is 11.3 Å². The third kappa shape index (κ3) is 3.94. The van der Waals surface area contributed by atoms with Crippen LogP contribution in [0.4, 0.5) is 11.4 Å². The van der Waals surface area contributed by atoms with E-state index in [1.807, 2.05) is 13.0 Å². The second-order valence-corrected chi connectivity index (χ2v) is 8.44. The number of sulfonamides is 1. The molecule has 0 radical (unpaired) electrons. The van der Waals surface area contributed by atoms with Gasteiger partial charge in [-0.2, -0.15) is 0 Å². The molecule has 0 unspecified atom stereocenters. The smallest absolute Gasteiger partial charge is 0.308 e. The summed E-state index contributed by atoms with van der Waals surface area (Å²) in [6.07, 6.45) is 1.06. The van der Waals surface area contributed by atoms with Crippen molar-refractivity contribution in [2.75, 3.05) is 16.3 Å². The summed E-state index contributed by atoms with van der Waals surface area (Å²) in [5, 5.41) is 2.78. The molecule has 0 saturated carbocycles. The fourth-order valence-electron chi connectivity index (χ4n) is 2.55. The topological polar surface area (TPSA) is 97.3 Å². The van der Waals surface area contributed by atoms with Gasteiger partial charge in [-0.25, -0.2) is 8.42 Å². The number of benzene rings is 2. The van der Waals surface area contributed by atoms with E-state index in [-0.39, 0.29) is 10.8 Å². The van der Waals surface area contributed by atoms with Gasteiger partial charge in [0.1, 0.15) is 0 Å². The number of anilines is 2. The zero-order valence-corrected chi connectivity index (χ0v) is 15.8. The van der Waals surface area contributed by atoms with E-state index in [0.29, 0.717) is 23.5 Å². The quantitative estimate of drug-likeness (QED) is 0.699.